The van der Waals surface area contributed by atoms with Crippen LogP contribution in [0.5, 0.6) is 5.75 Å². The van der Waals surface area contributed by atoms with E-state index in [0.717, 1.165) is 16.5 Å². The van der Waals surface area contributed by atoms with Crippen LogP contribution >= 0.6 is 0 Å². The Morgan fingerprint density at radius 1 is 1.06 bits per heavy atom. The number of fused-ring (bicyclic) bond motifs is 1. The number of carbonyl (C=O) groups excluding carboxylic acids is 2. The van der Waals surface area contributed by atoms with Crippen molar-refractivity contribution in [2.45, 2.75) is 26.4 Å². The summed E-state index contributed by atoms with van der Waals surface area (Å²) in [6.45, 7) is 2.90. The fourth-order valence-corrected chi connectivity index (χ4v) is 3.68. The Hall–Kier alpha value is -3.61. The molecule has 1 aliphatic rings. The summed E-state index contributed by atoms with van der Waals surface area (Å²) >= 11 is 0. The largest absolute Gasteiger partial charge is 0.445 e. The second kappa shape index (κ2) is 9.04. The van der Waals surface area contributed by atoms with Crippen molar-refractivity contribution in [2.24, 2.45) is 5.92 Å². The van der Waals surface area contributed by atoms with Crippen LogP contribution in [0.2, 0.25) is 0 Å². The molecule has 0 atom stereocenters. The molecule has 2 aromatic carbocycles. The number of likely N-dealkylation sites (tertiary alicyclic amines) is 1. The van der Waals surface area contributed by atoms with Crippen molar-refractivity contribution in [1.29, 1.82) is 0 Å². The molecule has 0 saturated carbocycles. The highest BCUT2D eigenvalue weighted by Gasteiger charge is 2.29. The summed E-state index contributed by atoms with van der Waals surface area (Å²) < 4.78 is 16.1. The molecule has 4 rings (SSSR count). The molecule has 3 aromatic rings. The lowest BCUT2D eigenvalue weighted by Gasteiger charge is -2.30. The molecule has 1 amide bonds. The minimum absolute atomic E-state index is 0.221. The summed E-state index contributed by atoms with van der Waals surface area (Å²) in [6.07, 6.45) is 0.623. The van der Waals surface area contributed by atoms with Crippen LogP contribution in [-0.4, -0.2) is 30.1 Å². The Labute approximate surface area is 179 Å². The lowest BCUT2D eigenvalue weighted by molar-refractivity contribution is -0.140. The van der Waals surface area contributed by atoms with Gasteiger partial charge in [-0.3, -0.25) is 4.79 Å². The van der Waals surface area contributed by atoms with Crippen molar-refractivity contribution >= 4 is 23.0 Å². The maximum atomic E-state index is 12.6. The van der Waals surface area contributed by atoms with Crippen molar-refractivity contribution < 1.29 is 23.5 Å². The van der Waals surface area contributed by atoms with E-state index in [1.54, 1.807) is 23.1 Å². The van der Waals surface area contributed by atoms with Gasteiger partial charge in [-0.2, -0.15) is 0 Å². The second-order valence-electron chi connectivity index (χ2n) is 7.63. The first-order valence-corrected chi connectivity index (χ1v) is 10.2. The summed E-state index contributed by atoms with van der Waals surface area (Å²) in [5.41, 5.74) is 1.66. The second-order valence-corrected chi connectivity index (χ2v) is 7.63. The summed E-state index contributed by atoms with van der Waals surface area (Å²) in [5, 5.41) is 0.793. The van der Waals surface area contributed by atoms with Crippen LogP contribution in [0, 0.1) is 12.8 Å². The first-order valence-electron chi connectivity index (χ1n) is 10.2. The Morgan fingerprint density at radius 2 is 1.81 bits per heavy atom. The van der Waals surface area contributed by atoms with Crippen molar-refractivity contribution in [1.82, 2.24) is 4.90 Å². The van der Waals surface area contributed by atoms with Crippen molar-refractivity contribution in [3.8, 4) is 5.75 Å². The van der Waals surface area contributed by atoms with E-state index in [1.807, 2.05) is 37.3 Å². The Morgan fingerprint density at radius 3 is 2.55 bits per heavy atom. The van der Waals surface area contributed by atoms with Gasteiger partial charge in [0.05, 0.1) is 5.92 Å². The third kappa shape index (κ3) is 4.94. The fourth-order valence-electron chi connectivity index (χ4n) is 3.68. The quantitative estimate of drug-likeness (QED) is 0.359. The van der Waals surface area contributed by atoms with E-state index in [4.69, 9.17) is 13.9 Å². The zero-order valence-electron chi connectivity index (χ0n) is 17.2. The highest BCUT2D eigenvalue weighted by atomic mass is 16.6. The number of piperidine rings is 1. The number of hydrogen-bond acceptors (Lipinski definition) is 6. The van der Waals surface area contributed by atoms with Crippen LogP contribution in [-0.2, 0) is 16.1 Å². The monoisotopic (exact) mass is 421 g/mol. The number of aryl methyl sites for hydroxylation is 1. The molecule has 160 valence electrons. The van der Waals surface area contributed by atoms with Gasteiger partial charge in [0.1, 0.15) is 17.9 Å². The average Bonchev–Trinajstić information content (AvgIpc) is 2.78. The van der Waals surface area contributed by atoms with Gasteiger partial charge >= 0.3 is 17.7 Å². The van der Waals surface area contributed by atoms with Crippen molar-refractivity contribution in [3.63, 3.8) is 0 Å². The Kier molecular flexibility index (Phi) is 6.02. The van der Waals surface area contributed by atoms with Gasteiger partial charge in [0, 0.05) is 30.6 Å². The SMILES string of the molecule is Cc1cc(=O)oc2cc(OC(=O)C3CCN(C(=O)OCc4ccccc4)CC3)ccc12. The van der Waals surface area contributed by atoms with E-state index in [2.05, 4.69) is 0 Å². The summed E-state index contributed by atoms with van der Waals surface area (Å²) in [6, 6.07) is 15.9. The molecule has 7 nitrogen and oxygen atoms in total. The molecular weight excluding hydrogens is 398 g/mol. The molecule has 31 heavy (non-hydrogen) atoms. The molecule has 1 fully saturated rings. The van der Waals surface area contributed by atoms with Gasteiger partial charge in [-0.15, -0.1) is 0 Å². The molecule has 1 saturated heterocycles. The molecule has 0 unspecified atom stereocenters. The van der Waals surface area contributed by atoms with Crippen LogP contribution < -0.4 is 10.4 Å². The van der Waals surface area contributed by atoms with E-state index in [0.29, 0.717) is 37.3 Å². The third-order valence-electron chi connectivity index (χ3n) is 5.43. The minimum atomic E-state index is -0.444. The molecule has 0 bridgehead atoms. The first kappa shape index (κ1) is 20.7. The molecule has 0 aliphatic carbocycles. The minimum Gasteiger partial charge on any atom is -0.445 e. The first-order chi connectivity index (χ1) is 15.0. The standard InChI is InChI=1S/C24H23NO6/c1-16-13-22(26)31-21-14-19(7-8-20(16)21)30-23(27)18-9-11-25(12-10-18)24(28)29-15-17-5-3-2-4-6-17/h2-8,13-14,18H,9-12,15H2,1H3. The maximum Gasteiger partial charge on any atom is 0.410 e. The van der Waals surface area contributed by atoms with Crippen LogP contribution in [0.25, 0.3) is 11.0 Å². The molecule has 7 heteroatoms. The predicted molar refractivity (Wildman–Crippen MR) is 114 cm³/mol. The number of carbonyl (C=O) groups is 2. The number of nitrogens with zero attached hydrogens (tertiary/aromatic N) is 1. The molecule has 1 aliphatic heterocycles. The predicted octanol–water partition coefficient (Wildman–Crippen LogP) is 4.06. The number of rotatable bonds is 4. The highest BCUT2D eigenvalue weighted by Crippen LogP contribution is 2.25. The fraction of sp³-hybridized carbons (Fsp3) is 0.292. The van der Waals surface area contributed by atoms with Gasteiger partial charge in [-0.05, 0) is 43.0 Å². The van der Waals surface area contributed by atoms with Crippen LogP contribution in [0.4, 0.5) is 4.79 Å². The van der Waals surface area contributed by atoms with E-state index >= 15 is 0 Å². The van der Waals surface area contributed by atoms with E-state index in [9.17, 15) is 14.4 Å². The lowest BCUT2D eigenvalue weighted by Crippen LogP contribution is -2.41. The zero-order valence-corrected chi connectivity index (χ0v) is 17.2. The normalized spacial score (nSPS) is 14.4. The zero-order chi connectivity index (χ0) is 21.8. The number of benzene rings is 2. The van der Waals surface area contributed by atoms with Crippen molar-refractivity contribution in [3.05, 3.63) is 76.1 Å². The number of hydrogen-bond donors (Lipinski definition) is 0. The Balaban J connectivity index is 1.30. The van der Waals surface area contributed by atoms with Gasteiger partial charge < -0.3 is 18.8 Å². The van der Waals surface area contributed by atoms with Gasteiger partial charge in [0.25, 0.3) is 0 Å². The summed E-state index contributed by atoms with van der Waals surface area (Å²) in [7, 11) is 0. The van der Waals surface area contributed by atoms with Gasteiger partial charge in [-0.25, -0.2) is 9.59 Å². The summed E-state index contributed by atoms with van der Waals surface area (Å²) in [4.78, 5) is 38.0. The summed E-state index contributed by atoms with van der Waals surface area (Å²) in [5.74, 6) is -0.332. The average molecular weight is 421 g/mol. The third-order valence-corrected chi connectivity index (χ3v) is 5.43. The highest BCUT2D eigenvalue weighted by molar-refractivity contribution is 5.83. The van der Waals surface area contributed by atoms with Gasteiger partial charge in [0.2, 0.25) is 0 Å². The topological polar surface area (TPSA) is 86.0 Å². The lowest BCUT2D eigenvalue weighted by atomic mass is 9.97. The molecule has 0 N–H and O–H groups in total. The number of amides is 1. The molecule has 2 heterocycles. The molecular formula is C24H23NO6. The van der Waals surface area contributed by atoms with Crippen LogP contribution in [0.3, 0.4) is 0 Å². The van der Waals surface area contributed by atoms with E-state index < -0.39 is 5.63 Å². The molecule has 0 radical (unpaired) electrons. The van der Waals surface area contributed by atoms with Gasteiger partial charge in [-0.1, -0.05) is 30.3 Å². The number of ether oxygens (including phenoxy) is 2. The Bertz CT molecular complexity index is 1150. The van der Waals surface area contributed by atoms with Gasteiger partial charge in [0.15, 0.2) is 0 Å². The smallest absolute Gasteiger partial charge is 0.410 e. The number of esters is 1. The maximum absolute atomic E-state index is 12.6. The van der Waals surface area contributed by atoms with E-state index in [1.165, 1.54) is 6.07 Å². The van der Waals surface area contributed by atoms with Crippen molar-refractivity contribution in [2.75, 3.05) is 13.1 Å². The molecule has 1 aromatic heterocycles. The van der Waals surface area contributed by atoms with Crippen LogP contribution in [0.15, 0.2) is 63.8 Å². The van der Waals surface area contributed by atoms with Crippen LogP contribution in [0.1, 0.15) is 24.0 Å². The van der Waals surface area contributed by atoms with E-state index in [-0.39, 0.29) is 24.6 Å². The molecule has 0 spiro atoms.